The molecular formula is C9H7BF2N2. The average Bonchev–Trinajstić information content (AvgIpc) is 2.70. The molecule has 0 atom stereocenters. The van der Waals surface area contributed by atoms with Crippen molar-refractivity contribution in [3.05, 3.63) is 41.4 Å². The van der Waals surface area contributed by atoms with E-state index in [2.05, 4.69) is 0 Å². The van der Waals surface area contributed by atoms with Gasteiger partial charge < -0.3 is 9.29 Å². The molecule has 1 aromatic rings. The maximum absolute atomic E-state index is 13.2. The summed E-state index contributed by atoms with van der Waals surface area (Å²) in [4.78, 5) is 1.68. The molecule has 2 aliphatic rings. The standard InChI is InChI=1S/C9H7BF2N2/c11-7-5-14-8(9(7)12)4-6-2-1-3-13(6)10-14/h1-4,10H,5H2. The van der Waals surface area contributed by atoms with Crippen LogP contribution in [0.2, 0.25) is 0 Å². The summed E-state index contributed by atoms with van der Waals surface area (Å²) in [7, 11) is 0.523. The number of rotatable bonds is 0. The van der Waals surface area contributed by atoms with Crippen LogP contribution < -0.4 is 0 Å². The second-order valence-corrected chi connectivity index (χ2v) is 3.49. The minimum atomic E-state index is -0.711. The molecule has 5 heteroatoms. The Balaban J connectivity index is 2.13. The van der Waals surface area contributed by atoms with Crippen LogP contribution in [0.3, 0.4) is 0 Å². The van der Waals surface area contributed by atoms with E-state index in [-0.39, 0.29) is 6.54 Å². The third-order valence-corrected chi connectivity index (χ3v) is 2.61. The van der Waals surface area contributed by atoms with Gasteiger partial charge in [-0.2, -0.15) is 0 Å². The number of hydrogen-bond acceptors (Lipinski definition) is 1. The highest BCUT2D eigenvalue weighted by molar-refractivity contribution is 6.32. The first kappa shape index (κ1) is 7.85. The molecule has 0 spiro atoms. The zero-order valence-corrected chi connectivity index (χ0v) is 7.37. The van der Waals surface area contributed by atoms with E-state index in [4.69, 9.17) is 0 Å². The molecule has 0 amide bonds. The Morgan fingerprint density at radius 3 is 3.07 bits per heavy atom. The lowest BCUT2D eigenvalue weighted by atomic mass is 10.0. The van der Waals surface area contributed by atoms with E-state index >= 15 is 0 Å². The van der Waals surface area contributed by atoms with Gasteiger partial charge in [0.2, 0.25) is 0 Å². The first-order chi connectivity index (χ1) is 6.75. The van der Waals surface area contributed by atoms with Crippen LogP contribution in [0.5, 0.6) is 0 Å². The highest BCUT2D eigenvalue weighted by atomic mass is 19.2. The molecule has 3 rings (SSSR count). The quantitative estimate of drug-likeness (QED) is 0.564. The van der Waals surface area contributed by atoms with E-state index in [1.165, 1.54) is 0 Å². The van der Waals surface area contributed by atoms with E-state index < -0.39 is 11.7 Å². The highest BCUT2D eigenvalue weighted by Gasteiger charge is 2.31. The zero-order valence-electron chi connectivity index (χ0n) is 7.37. The van der Waals surface area contributed by atoms with Crippen LogP contribution in [0.1, 0.15) is 5.69 Å². The number of fused-ring (bicyclic) bond motifs is 2. The van der Waals surface area contributed by atoms with Gasteiger partial charge in [-0.25, -0.2) is 8.78 Å². The Bertz CT molecular complexity index is 461. The van der Waals surface area contributed by atoms with Gasteiger partial charge in [0, 0.05) is 5.69 Å². The third-order valence-electron chi connectivity index (χ3n) is 2.61. The summed E-state index contributed by atoms with van der Waals surface area (Å²) in [5.74, 6) is -1.38. The summed E-state index contributed by atoms with van der Waals surface area (Å²) < 4.78 is 28.2. The van der Waals surface area contributed by atoms with Crippen molar-refractivity contribution in [2.75, 3.05) is 6.54 Å². The number of hydrogen-bond donors (Lipinski definition) is 0. The SMILES string of the molecule is FC1=C(F)C2=Cc3cccn3BN2C1. The molecule has 14 heavy (non-hydrogen) atoms. The molecule has 0 unspecified atom stereocenters. The summed E-state index contributed by atoms with van der Waals surface area (Å²) in [6.07, 6.45) is 3.57. The second-order valence-electron chi connectivity index (χ2n) is 3.49. The van der Waals surface area contributed by atoms with Crippen molar-refractivity contribution in [2.45, 2.75) is 0 Å². The van der Waals surface area contributed by atoms with Gasteiger partial charge in [-0.1, -0.05) is 0 Å². The van der Waals surface area contributed by atoms with Crippen LogP contribution in [0.25, 0.3) is 6.08 Å². The molecule has 0 radical (unpaired) electrons. The Labute approximate surface area is 80.4 Å². The van der Waals surface area contributed by atoms with Gasteiger partial charge in [-0.15, -0.1) is 0 Å². The molecule has 1 aromatic heterocycles. The van der Waals surface area contributed by atoms with Crippen molar-refractivity contribution in [2.24, 2.45) is 0 Å². The summed E-state index contributed by atoms with van der Waals surface area (Å²) >= 11 is 0. The minimum absolute atomic E-state index is 0.0509. The van der Waals surface area contributed by atoms with Crippen molar-refractivity contribution in [1.82, 2.24) is 9.29 Å². The largest absolute Gasteiger partial charge is 0.390 e. The summed E-state index contributed by atoms with van der Waals surface area (Å²) in [6, 6.07) is 3.78. The molecule has 0 N–H and O–H groups in total. The Hall–Kier alpha value is -1.52. The molecule has 3 heterocycles. The first-order valence-electron chi connectivity index (χ1n) is 4.42. The molecular weight excluding hydrogens is 185 g/mol. The molecule has 0 fully saturated rings. The monoisotopic (exact) mass is 192 g/mol. The van der Waals surface area contributed by atoms with Crippen molar-refractivity contribution in [1.29, 1.82) is 0 Å². The van der Waals surface area contributed by atoms with Crippen LogP contribution in [0.4, 0.5) is 8.78 Å². The van der Waals surface area contributed by atoms with Crippen LogP contribution in [-0.4, -0.2) is 23.4 Å². The number of nitrogens with zero attached hydrogens (tertiary/aromatic N) is 2. The van der Waals surface area contributed by atoms with Gasteiger partial charge in [0.1, 0.15) is 0 Å². The molecule has 0 aliphatic carbocycles. The molecule has 0 bridgehead atoms. The van der Waals surface area contributed by atoms with Crippen molar-refractivity contribution >= 4 is 13.6 Å². The van der Waals surface area contributed by atoms with E-state index in [1.807, 2.05) is 22.8 Å². The fourth-order valence-corrected chi connectivity index (χ4v) is 1.89. The van der Waals surface area contributed by atoms with Crippen LogP contribution in [0.15, 0.2) is 35.7 Å². The van der Waals surface area contributed by atoms with E-state index in [0.717, 1.165) is 5.69 Å². The van der Waals surface area contributed by atoms with Gasteiger partial charge >= 0.3 is 7.55 Å². The number of allylic oxidation sites excluding steroid dienone is 1. The normalized spacial score (nSPS) is 19.0. The molecule has 0 aromatic carbocycles. The lowest BCUT2D eigenvalue weighted by Gasteiger charge is -2.24. The van der Waals surface area contributed by atoms with Crippen LogP contribution in [-0.2, 0) is 0 Å². The maximum Gasteiger partial charge on any atom is 0.361 e. The lowest BCUT2D eigenvalue weighted by Crippen LogP contribution is -2.33. The van der Waals surface area contributed by atoms with Crippen molar-refractivity contribution in [3.8, 4) is 0 Å². The Morgan fingerprint density at radius 2 is 2.21 bits per heavy atom. The molecule has 70 valence electrons. The summed E-state index contributed by atoms with van der Waals surface area (Å²) in [6.45, 7) is 0.0509. The van der Waals surface area contributed by atoms with Crippen LogP contribution >= 0.6 is 0 Å². The Kier molecular flexibility index (Phi) is 1.40. The fourth-order valence-electron chi connectivity index (χ4n) is 1.89. The van der Waals surface area contributed by atoms with E-state index in [9.17, 15) is 8.78 Å². The lowest BCUT2D eigenvalue weighted by molar-refractivity contribution is 0.533. The van der Waals surface area contributed by atoms with Gasteiger partial charge in [0.15, 0.2) is 11.7 Å². The topological polar surface area (TPSA) is 8.17 Å². The van der Waals surface area contributed by atoms with Crippen molar-refractivity contribution < 1.29 is 8.78 Å². The summed E-state index contributed by atoms with van der Waals surface area (Å²) in [5, 5.41) is 0. The first-order valence-corrected chi connectivity index (χ1v) is 4.42. The molecule has 2 nitrogen and oxygen atoms in total. The third kappa shape index (κ3) is 0.894. The minimum Gasteiger partial charge on any atom is -0.390 e. The van der Waals surface area contributed by atoms with E-state index in [0.29, 0.717) is 13.2 Å². The predicted molar refractivity (Wildman–Crippen MR) is 50.9 cm³/mol. The van der Waals surface area contributed by atoms with Gasteiger partial charge in [-0.3, -0.25) is 0 Å². The molecule has 0 saturated carbocycles. The molecule has 2 aliphatic heterocycles. The number of halogens is 2. The summed E-state index contributed by atoms with van der Waals surface area (Å²) in [5.41, 5.74) is 1.29. The smallest absolute Gasteiger partial charge is 0.361 e. The zero-order chi connectivity index (χ0) is 9.71. The van der Waals surface area contributed by atoms with Crippen molar-refractivity contribution in [3.63, 3.8) is 0 Å². The van der Waals surface area contributed by atoms with Gasteiger partial charge in [0.25, 0.3) is 0 Å². The van der Waals surface area contributed by atoms with E-state index in [1.54, 1.807) is 10.9 Å². The Morgan fingerprint density at radius 1 is 1.36 bits per heavy atom. The maximum atomic E-state index is 13.2. The van der Waals surface area contributed by atoms with Crippen LogP contribution in [0, 0.1) is 0 Å². The fraction of sp³-hybridized carbons (Fsp3) is 0.111. The molecule has 0 saturated heterocycles. The average molecular weight is 192 g/mol. The number of aromatic nitrogens is 1. The second kappa shape index (κ2) is 2.50. The highest BCUT2D eigenvalue weighted by Crippen LogP contribution is 2.33. The van der Waals surface area contributed by atoms with Gasteiger partial charge in [0.05, 0.1) is 12.2 Å². The predicted octanol–water partition coefficient (Wildman–Crippen LogP) is 1.42. The van der Waals surface area contributed by atoms with Gasteiger partial charge in [-0.05, 0) is 24.4 Å².